The van der Waals surface area contributed by atoms with E-state index in [1.165, 1.54) is 4.90 Å². The quantitative estimate of drug-likeness (QED) is 0.756. The second kappa shape index (κ2) is 5.94. The lowest BCUT2D eigenvalue weighted by molar-refractivity contribution is -0.133. The largest absolute Gasteiger partial charge is 0.394 e. The number of rotatable bonds is 3. The van der Waals surface area contributed by atoms with Gasteiger partial charge in [-0.05, 0) is 24.1 Å². The predicted molar refractivity (Wildman–Crippen MR) is 85.7 cm³/mol. The van der Waals surface area contributed by atoms with Gasteiger partial charge in [0.05, 0.1) is 34.6 Å². The first-order valence-corrected chi connectivity index (χ1v) is 8.00. The third-order valence-corrected chi connectivity index (χ3v) is 5.22. The maximum absolute atomic E-state index is 12.5. The van der Waals surface area contributed by atoms with E-state index in [1.807, 2.05) is 0 Å². The number of amides is 2. The van der Waals surface area contributed by atoms with E-state index in [2.05, 4.69) is 5.32 Å². The number of carbonyl (C=O) groups is 2. The number of aliphatic hydroxyl groups is 2. The first-order chi connectivity index (χ1) is 10.9. The summed E-state index contributed by atoms with van der Waals surface area (Å²) in [6.07, 6.45) is -0.773. The van der Waals surface area contributed by atoms with Gasteiger partial charge >= 0.3 is 0 Å². The Hall–Kier alpha value is -1.34. The number of carbonyl (C=O) groups excluding carboxylic acids is 2. The molecule has 2 aliphatic heterocycles. The van der Waals surface area contributed by atoms with Gasteiger partial charge in [-0.3, -0.25) is 9.59 Å². The Morgan fingerprint density at radius 3 is 2.78 bits per heavy atom. The van der Waals surface area contributed by atoms with Crippen LogP contribution in [0.15, 0.2) is 12.1 Å². The van der Waals surface area contributed by atoms with Crippen LogP contribution in [0.4, 0.5) is 5.69 Å². The molecule has 2 heterocycles. The summed E-state index contributed by atoms with van der Waals surface area (Å²) in [6.45, 7) is 0.160. The minimum Gasteiger partial charge on any atom is -0.394 e. The molecule has 2 amide bonds. The molecule has 0 aromatic heterocycles. The fourth-order valence-electron chi connectivity index (χ4n) is 3.23. The van der Waals surface area contributed by atoms with E-state index in [4.69, 9.17) is 28.3 Å². The van der Waals surface area contributed by atoms with Crippen LogP contribution in [-0.2, 0) is 15.0 Å². The van der Waals surface area contributed by atoms with Gasteiger partial charge in [0, 0.05) is 18.8 Å². The first-order valence-electron chi connectivity index (χ1n) is 7.25. The van der Waals surface area contributed by atoms with Crippen molar-refractivity contribution in [3.05, 3.63) is 27.7 Å². The minimum atomic E-state index is -1.09. The molecule has 0 bridgehead atoms. The van der Waals surface area contributed by atoms with Gasteiger partial charge in [0.2, 0.25) is 11.8 Å². The molecule has 1 spiro atoms. The fourth-order valence-corrected chi connectivity index (χ4v) is 3.56. The molecule has 0 radical (unpaired) electrons. The zero-order valence-electron chi connectivity index (χ0n) is 12.2. The van der Waals surface area contributed by atoms with Crippen LogP contribution < -0.4 is 5.32 Å². The lowest BCUT2D eigenvalue weighted by Gasteiger charge is -2.23. The maximum Gasteiger partial charge on any atom is 0.237 e. The highest BCUT2D eigenvalue weighted by molar-refractivity contribution is 6.42. The smallest absolute Gasteiger partial charge is 0.237 e. The highest BCUT2D eigenvalue weighted by Gasteiger charge is 2.52. The van der Waals surface area contributed by atoms with Gasteiger partial charge in [-0.2, -0.15) is 0 Å². The molecule has 1 fully saturated rings. The molecule has 0 unspecified atom stereocenters. The van der Waals surface area contributed by atoms with E-state index < -0.39 is 18.1 Å². The van der Waals surface area contributed by atoms with E-state index in [1.54, 1.807) is 12.1 Å². The zero-order chi connectivity index (χ0) is 16.8. The summed E-state index contributed by atoms with van der Waals surface area (Å²) in [4.78, 5) is 26.2. The van der Waals surface area contributed by atoms with Crippen molar-refractivity contribution in [3.63, 3.8) is 0 Å². The van der Waals surface area contributed by atoms with Gasteiger partial charge < -0.3 is 20.4 Å². The topological polar surface area (TPSA) is 89.9 Å². The third-order valence-electron chi connectivity index (χ3n) is 4.50. The van der Waals surface area contributed by atoms with E-state index in [9.17, 15) is 14.7 Å². The molecule has 2 aliphatic rings. The number of benzene rings is 1. The fraction of sp³-hybridized carbons (Fsp3) is 0.467. The Labute approximate surface area is 143 Å². The highest BCUT2D eigenvalue weighted by Crippen LogP contribution is 2.46. The summed E-state index contributed by atoms with van der Waals surface area (Å²) in [6, 6.07) is 3.29. The maximum atomic E-state index is 12.5. The number of nitrogens with zero attached hydrogens (tertiary/aromatic N) is 1. The molecule has 124 valence electrons. The van der Waals surface area contributed by atoms with Gasteiger partial charge in [0.1, 0.15) is 0 Å². The van der Waals surface area contributed by atoms with E-state index in [0.717, 1.165) is 5.56 Å². The van der Waals surface area contributed by atoms with Crippen molar-refractivity contribution in [3.8, 4) is 0 Å². The first kappa shape index (κ1) is 16.5. The number of nitrogens with one attached hydrogen (secondary N) is 1. The van der Waals surface area contributed by atoms with Crippen LogP contribution in [0.5, 0.6) is 0 Å². The molecule has 8 heteroatoms. The lowest BCUT2D eigenvalue weighted by Crippen LogP contribution is -2.40. The third kappa shape index (κ3) is 2.70. The summed E-state index contributed by atoms with van der Waals surface area (Å²) < 4.78 is 0. The lowest BCUT2D eigenvalue weighted by atomic mass is 9.81. The van der Waals surface area contributed by atoms with Crippen LogP contribution in [0.1, 0.15) is 18.4 Å². The summed E-state index contributed by atoms with van der Waals surface area (Å²) in [5.41, 5.74) is 0.535. The molecule has 1 saturated heterocycles. The number of hydrogen-bond donors (Lipinski definition) is 3. The Bertz CT molecular complexity index is 682. The molecule has 0 aliphatic carbocycles. The molecule has 1 aromatic carbocycles. The Morgan fingerprint density at radius 1 is 1.39 bits per heavy atom. The van der Waals surface area contributed by atoms with Gasteiger partial charge in [-0.1, -0.05) is 23.2 Å². The average molecular weight is 359 g/mol. The Kier molecular flexibility index (Phi) is 4.27. The van der Waals surface area contributed by atoms with Gasteiger partial charge in [-0.15, -0.1) is 0 Å². The van der Waals surface area contributed by atoms with Crippen molar-refractivity contribution in [2.45, 2.75) is 24.4 Å². The molecule has 23 heavy (non-hydrogen) atoms. The van der Waals surface area contributed by atoms with Crippen molar-refractivity contribution >= 4 is 40.7 Å². The van der Waals surface area contributed by atoms with Crippen LogP contribution in [-0.4, -0.2) is 52.7 Å². The standard InChI is InChI=1S/C15H16Cl2N2O4/c16-10-4-9-12(5-11(10)17)18-14(23)15(9)1-2-19(7-15)13(22)3-8(21)6-20/h4-5,8,20-21H,1-3,6-7H2,(H,18,23)/t8-,15+/m0/s1. The number of hydrogen-bond acceptors (Lipinski definition) is 4. The van der Waals surface area contributed by atoms with Crippen LogP contribution in [0, 0.1) is 0 Å². The summed E-state index contributed by atoms with van der Waals surface area (Å²) in [5, 5.41) is 21.8. The van der Waals surface area contributed by atoms with Gasteiger partial charge in [-0.25, -0.2) is 0 Å². The molecule has 3 rings (SSSR count). The SMILES string of the molecule is O=C(C[C@H](O)CO)N1CC[C@]2(C1)C(=O)Nc1cc(Cl)c(Cl)cc12. The normalized spacial score (nSPS) is 24.0. The Morgan fingerprint density at radius 2 is 2.09 bits per heavy atom. The van der Waals surface area contributed by atoms with Crippen molar-refractivity contribution in [2.75, 3.05) is 25.0 Å². The van der Waals surface area contributed by atoms with E-state index >= 15 is 0 Å². The van der Waals surface area contributed by atoms with Crippen molar-refractivity contribution in [2.24, 2.45) is 0 Å². The molecular weight excluding hydrogens is 343 g/mol. The highest BCUT2D eigenvalue weighted by atomic mass is 35.5. The van der Waals surface area contributed by atoms with Gasteiger partial charge in [0.15, 0.2) is 0 Å². The molecule has 0 saturated carbocycles. The molecule has 6 nitrogen and oxygen atoms in total. The molecule has 2 atom stereocenters. The van der Waals surface area contributed by atoms with Crippen LogP contribution >= 0.6 is 23.2 Å². The monoisotopic (exact) mass is 358 g/mol. The number of likely N-dealkylation sites (tertiary alicyclic amines) is 1. The average Bonchev–Trinajstić information content (AvgIpc) is 3.06. The van der Waals surface area contributed by atoms with Crippen molar-refractivity contribution < 1.29 is 19.8 Å². The number of halogens is 2. The van der Waals surface area contributed by atoms with E-state index in [0.29, 0.717) is 28.7 Å². The Balaban J connectivity index is 1.86. The zero-order valence-corrected chi connectivity index (χ0v) is 13.7. The van der Waals surface area contributed by atoms with Gasteiger partial charge in [0.25, 0.3) is 0 Å². The number of fused-ring (bicyclic) bond motifs is 2. The second-order valence-corrected chi connectivity index (χ2v) is 6.77. The predicted octanol–water partition coefficient (Wildman–Crippen LogP) is 1.16. The summed E-state index contributed by atoms with van der Waals surface area (Å²) in [7, 11) is 0. The van der Waals surface area contributed by atoms with Crippen molar-refractivity contribution in [1.29, 1.82) is 0 Å². The molecule has 1 aromatic rings. The number of aliphatic hydroxyl groups excluding tert-OH is 2. The van der Waals surface area contributed by atoms with E-state index in [-0.39, 0.29) is 24.8 Å². The summed E-state index contributed by atoms with van der Waals surface area (Å²) >= 11 is 12.1. The molecule has 3 N–H and O–H groups in total. The van der Waals surface area contributed by atoms with Crippen LogP contribution in [0.3, 0.4) is 0 Å². The molecular formula is C15H16Cl2N2O4. The minimum absolute atomic E-state index is 0.164. The van der Waals surface area contributed by atoms with Crippen LogP contribution in [0.2, 0.25) is 10.0 Å². The summed E-state index contributed by atoms with van der Waals surface area (Å²) in [5.74, 6) is -0.464. The van der Waals surface area contributed by atoms with Crippen LogP contribution in [0.25, 0.3) is 0 Å². The van der Waals surface area contributed by atoms with Crippen molar-refractivity contribution in [1.82, 2.24) is 4.90 Å². The number of anilines is 1. The second-order valence-electron chi connectivity index (χ2n) is 5.95.